The number of piperazine rings is 1. The Kier molecular flexibility index (Phi) is 6.41. The van der Waals surface area contributed by atoms with Crippen LogP contribution in [0.1, 0.15) is 30.0 Å². The number of thiocarbonyl (C=S) groups is 1. The number of carbonyl (C=O) groups is 2. The van der Waals surface area contributed by atoms with Crippen LogP contribution >= 0.6 is 12.2 Å². The Bertz CT molecular complexity index is 772. The van der Waals surface area contributed by atoms with Crippen LogP contribution in [0.5, 0.6) is 0 Å². The van der Waals surface area contributed by atoms with Gasteiger partial charge in [0.1, 0.15) is 10.7 Å². The maximum atomic E-state index is 12.4. The van der Waals surface area contributed by atoms with E-state index in [-0.39, 0.29) is 29.5 Å². The summed E-state index contributed by atoms with van der Waals surface area (Å²) in [5, 5.41) is 9.09. The summed E-state index contributed by atoms with van der Waals surface area (Å²) in [6.45, 7) is 5.35. The topological polar surface area (TPSA) is 114 Å². The van der Waals surface area contributed by atoms with Crippen LogP contribution in [0.2, 0.25) is 0 Å². The quantitative estimate of drug-likeness (QED) is 0.432. The lowest BCUT2D eigenvalue weighted by Gasteiger charge is -2.33. The molecule has 1 aromatic rings. The van der Waals surface area contributed by atoms with Crippen LogP contribution in [0.4, 0.5) is 10.7 Å². The summed E-state index contributed by atoms with van der Waals surface area (Å²) in [4.78, 5) is 31.2. The molecule has 10 heteroatoms. The van der Waals surface area contributed by atoms with Gasteiger partial charge < -0.3 is 25.4 Å². The molecule has 1 aliphatic heterocycles. The number of rotatable bonds is 5. The van der Waals surface area contributed by atoms with Crippen LogP contribution in [0, 0.1) is 11.8 Å². The molecule has 1 fully saturated rings. The van der Waals surface area contributed by atoms with E-state index in [1.165, 1.54) is 4.90 Å². The van der Waals surface area contributed by atoms with E-state index in [9.17, 15) is 9.59 Å². The summed E-state index contributed by atoms with van der Waals surface area (Å²) >= 11 is 5.05. The van der Waals surface area contributed by atoms with Crippen molar-refractivity contribution in [3.8, 4) is 11.8 Å². The van der Waals surface area contributed by atoms with Crippen LogP contribution in [0.15, 0.2) is 0 Å². The lowest BCUT2D eigenvalue weighted by atomic mass is 10.3. The molecule has 26 heavy (non-hydrogen) atoms. The van der Waals surface area contributed by atoms with E-state index in [1.807, 2.05) is 4.90 Å². The van der Waals surface area contributed by atoms with Gasteiger partial charge in [-0.05, 0) is 13.8 Å². The van der Waals surface area contributed by atoms with Gasteiger partial charge in [0.25, 0.3) is 0 Å². The highest BCUT2D eigenvalue weighted by atomic mass is 32.1. The number of esters is 1. The summed E-state index contributed by atoms with van der Waals surface area (Å²) in [5.41, 5.74) is 6.11. The Morgan fingerprint density at radius 2 is 2.00 bits per heavy atom. The molecule has 0 atom stereocenters. The van der Waals surface area contributed by atoms with Crippen molar-refractivity contribution in [2.75, 3.05) is 37.7 Å². The van der Waals surface area contributed by atoms with E-state index in [0.717, 1.165) is 0 Å². The van der Waals surface area contributed by atoms with Crippen LogP contribution in [-0.2, 0) is 11.3 Å². The van der Waals surface area contributed by atoms with Crippen LogP contribution < -0.4 is 10.6 Å². The van der Waals surface area contributed by atoms with Gasteiger partial charge in [0.2, 0.25) is 5.95 Å². The summed E-state index contributed by atoms with van der Waals surface area (Å²) in [7, 11) is 0. The SMILES string of the molecule is CC#CCn1c(N2CCN(C(=O)O)CC2)nc(C(N)=S)c1C(=O)OCC. The third kappa shape index (κ3) is 4.05. The first-order chi connectivity index (χ1) is 12.4. The average molecular weight is 379 g/mol. The first-order valence-electron chi connectivity index (χ1n) is 8.10. The van der Waals surface area contributed by atoms with Crippen molar-refractivity contribution >= 4 is 35.2 Å². The van der Waals surface area contributed by atoms with Crippen LogP contribution in [-0.4, -0.2) is 69.4 Å². The number of hydrogen-bond acceptors (Lipinski definition) is 6. The molecule has 1 amide bonds. The smallest absolute Gasteiger partial charge is 0.407 e. The molecular weight excluding hydrogens is 358 g/mol. The second kappa shape index (κ2) is 8.53. The number of ether oxygens (including phenoxy) is 1. The third-order valence-electron chi connectivity index (χ3n) is 3.90. The molecular formula is C16H21N5O4S. The Labute approximate surface area is 156 Å². The van der Waals surface area contributed by atoms with E-state index < -0.39 is 12.1 Å². The molecule has 0 aliphatic carbocycles. The van der Waals surface area contributed by atoms with Crippen molar-refractivity contribution in [2.45, 2.75) is 20.4 Å². The fourth-order valence-electron chi connectivity index (χ4n) is 2.67. The zero-order chi connectivity index (χ0) is 19.3. The minimum atomic E-state index is -0.958. The Morgan fingerprint density at radius 3 is 2.50 bits per heavy atom. The molecule has 0 bridgehead atoms. The van der Waals surface area contributed by atoms with E-state index >= 15 is 0 Å². The molecule has 2 heterocycles. The summed E-state index contributed by atoms with van der Waals surface area (Å²) < 4.78 is 6.75. The number of imidazole rings is 1. The molecule has 0 aromatic carbocycles. The van der Waals surface area contributed by atoms with Gasteiger partial charge in [-0.3, -0.25) is 4.57 Å². The number of aromatic nitrogens is 2. The Morgan fingerprint density at radius 1 is 1.35 bits per heavy atom. The molecule has 140 valence electrons. The molecule has 0 spiro atoms. The summed E-state index contributed by atoms with van der Waals surface area (Å²) in [6.07, 6.45) is -0.958. The monoisotopic (exact) mass is 379 g/mol. The summed E-state index contributed by atoms with van der Waals surface area (Å²) in [6, 6.07) is 0. The van der Waals surface area contributed by atoms with Crippen molar-refractivity contribution in [1.82, 2.24) is 14.5 Å². The van der Waals surface area contributed by atoms with Gasteiger partial charge in [0.15, 0.2) is 5.69 Å². The number of carbonyl (C=O) groups excluding carboxylic acids is 1. The second-order valence-corrected chi connectivity index (χ2v) is 5.90. The van der Waals surface area contributed by atoms with Crippen molar-refractivity contribution < 1.29 is 19.4 Å². The van der Waals surface area contributed by atoms with Gasteiger partial charge in [-0.1, -0.05) is 18.1 Å². The lowest BCUT2D eigenvalue weighted by Crippen LogP contribution is -2.49. The van der Waals surface area contributed by atoms with Crippen molar-refractivity contribution in [3.05, 3.63) is 11.4 Å². The molecule has 3 N–H and O–H groups in total. The minimum Gasteiger partial charge on any atom is -0.465 e. The van der Waals surface area contributed by atoms with Gasteiger partial charge in [0.05, 0.1) is 13.2 Å². The van der Waals surface area contributed by atoms with Gasteiger partial charge in [0, 0.05) is 26.2 Å². The highest BCUT2D eigenvalue weighted by molar-refractivity contribution is 7.80. The number of carboxylic acid groups (broad SMARTS) is 1. The second-order valence-electron chi connectivity index (χ2n) is 5.46. The molecule has 1 saturated heterocycles. The fraction of sp³-hybridized carbons (Fsp3) is 0.500. The van der Waals surface area contributed by atoms with E-state index in [4.69, 9.17) is 27.8 Å². The molecule has 1 aromatic heterocycles. The van der Waals surface area contributed by atoms with E-state index in [1.54, 1.807) is 18.4 Å². The highest BCUT2D eigenvalue weighted by Gasteiger charge is 2.30. The van der Waals surface area contributed by atoms with E-state index in [0.29, 0.717) is 32.1 Å². The first kappa shape index (κ1) is 19.5. The molecule has 2 rings (SSSR count). The Hall–Kier alpha value is -2.80. The molecule has 0 unspecified atom stereocenters. The summed E-state index contributed by atoms with van der Waals surface area (Å²) in [5.74, 6) is 5.60. The normalized spacial score (nSPS) is 13.8. The van der Waals surface area contributed by atoms with Crippen molar-refractivity contribution in [2.24, 2.45) is 5.73 Å². The van der Waals surface area contributed by atoms with Gasteiger partial charge >= 0.3 is 12.1 Å². The number of anilines is 1. The standard InChI is InChI=1S/C16H21N5O4S/c1-3-5-6-21-12(14(22)25-4-2)11(13(17)26)18-15(21)19-7-9-20(10-8-19)16(23)24/h4,6-10H2,1-2H3,(H2,17,26)(H,23,24). The van der Waals surface area contributed by atoms with Crippen LogP contribution in [0.25, 0.3) is 0 Å². The predicted octanol–water partition coefficient (Wildman–Crippen LogP) is 0.517. The zero-order valence-electron chi connectivity index (χ0n) is 14.7. The van der Waals surface area contributed by atoms with E-state index in [2.05, 4.69) is 16.8 Å². The minimum absolute atomic E-state index is 0.0123. The molecule has 9 nitrogen and oxygen atoms in total. The maximum absolute atomic E-state index is 12.4. The van der Waals surface area contributed by atoms with Gasteiger partial charge in [-0.2, -0.15) is 0 Å². The number of nitrogens with two attached hydrogens (primary N) is 1. The third-order valence-corrected chi connectivity index (χ3v) is 4.09. The zero-order valence-corrected chi connectivity index (χ0v) is 15.5. The molecule has 0 saturated carbocycles. The number of nitrogens with zero attached hydrogens (tertiary/aromatic N) is 4. The van der Waals surface area contributed by atoms with Crippen LogP contribution in [0.3, 0.4) is 0 Å². The number of hydrogen-bond donors (Lipinski definition) is 2. The van der Waals surface area contributed by atoms with Gasteiger partial charge in [-0.25, -0.2) is 14.6 Å². The predicted molar refractivity (Wildman–Crippen MR) is 99.3 cm³/mol. The van der Waals surface area contributed by atoms with Crippen molar-refractivity contribution in [3.63, 3.8) is 0 Å². The average Bonchev–Trinajstić information content (AvgIpc) is 3.00. The highest BCUT2D eigenvalue weighted by Crippen LogP contribution is 2.22. The maximum Gasteiger partial charge on any atom is 0.407 e. The molecule has 1 aliphatic rings. The van der Waals surface area contributed by atoms with Gasteiger partial charge in [-0.15, -0.1) is 5.92 Å². The molecule has 0 radical (unpaired) electrons. The fourth-order valence-corrected chi connectivity index (χ4v) is 2.81. The lowest BCUT2D eigenvalue weighted by molar-refractivity contribution is 0.0514. The first-order valence-corrected chi connectivity index (χ1v) is 8.51. The Balaban J connectivity index is 2.45. The van der Waals surface area contributed by atoms with Crippen molar-refractivity contribution in [1.29, 1.82) is 0 Å². The number of amides is 1. The largest absolute Gasteiger partial charge is 0.465 e.